The Labute approximate surface area is 149 Å². The summed E-state index contributed by atoms with van der Waals surface area (Å²) in [6.07, 6.45) is 1.44. The van der Waals surface area contributed by atoms with Crippen LogP contribution in [0, 0.1) is 5.92 Å². The van der Waals surface area contributed by atoms with Gasteiger partial charge in [0.25, 0.3) is 0 Å². The van der Waals surface area contributed by atoms with Crippen LogP contribution >= 0.6 is 0 Å². The molecule has 3 amide bonds. The Morgan fingerprint density at radius 3 is 2.60 bits per heavy atom. The topological polar surface area (TPSA) is 61.9 Å². The lowest BCUT2D eigenvalue weighted by Crippen LogP contribution is -2.48. The van der Waals surface area contributed by atoms with Gasteiger partial charge in [0.15, 0.2) is 0 Å². The first-order chi connectivity index (χ1) is 12.0. The molecule has 2 heterocycles. The van der Waals surface area contributed by atoms with Crippen molar-refractivity contribution in [3.8, 4) is 5.75 Å². The van der Waals surface area contributed by atoms with E-state index in [1.54, 1.807) is 19.0 Å². The maximum atomic E-state index is 12.6. The molecule has 0 aliphatic carbocycles. The first-order valence-corrected chi connectivity index (χ1v) is 8.95. The Balaban J connectivity index is 1.53. The van der Waals surface area contributed by atoms with Crippen molar-refractivity contribution in [2.75, 3.05) is 33.8 Å². The number of benzene rings is 1. The number of carbonyl (C=O) groups excluding carboxylic acids is 2. The van der Waals surface area contributed by atoms with Gasteiger partial charge in [-0.15, -0.1) is 0 Å². The van der Waals surface area contributed by atoms with Crippen molar-refractivity contribution >= 4 is 11.9 Å². The number of hydrogen-bond donors (Lipinski definition) is 1. The zero-order valence-corrected chi connectivity index (χ0v) is 15.2. The van der Waals surface area contributed by atoms with Crippen LogP contribution in [0.1, 0.15) is 31.2 Å². The highest BCUT2D eigenvalue weighted by Crippen LogP contribution is 2.35. The highest BCUT2D eigenvalue weighted by atomic mass is 16.5. The molecule has 2 atom stereocenters. The van der Waals surface area contributed by atoms with E-state index >= 15 is 0 Å². The summed E-state index contributed by atoms with van der Waals surface area (Å²) in [6, 6.07) is 8.06. The van der Waals surface area contributed by atoms with Crippen molar-refractivity contribution in [2.24, 2.45) is 5.92 Å². The van der Waals surface area contributed by atoms with Gasteiger partial charge in [0.05, 0.1) is 6.61 Å². The van der Waals surface area contributed by atoms with Crippen molar-refractivity contribution in [1.82, 2.24) is 15.1 Å². The van der Waals surface area contributed by atoms with Crippen LogP contribution in [0.15, 0.2) is 24.3 Å². The van der Waals surface area contributed by atoms with E-state index in [9.17, 15) is 9.59 Å². The fraction of sp³-hybridized carbons (Fsp3) is 0.579. The summed E-state index contributed by atoms with van der Waals surface area (Å²) in [4.78, 5) is 28.0. The smallest absolute Gasteiger partial charge is 0.319 e. The van der Waals surface area contributed by atoms with E-state index in [-0.39, 0.29) is 29.8 Å². The number of nitrogens with one attached hydrogen (secondary N) is 1. The number of piperidine rings is 1. The summed E-state index contributed by atoms with van der Waals surface area (Å²) in [5, 5.41) is 3.17. The predicted molar refractivity (Wildman–Crippen MR) is 95.7 cm³/mol. The highest BCUT2D eigenvalue weighted by molar-refractivity contribution is 5.80. The zero-order chi connectivity index (χ0) is 18.0. The van der Waals surface area contributed by atoms with E-state index < -0.39 is 0 Å². The van der Waals surface area contributed by atoms with Crippen molar-refractivity contribution in [3.05, 3.63) is 29.8 Å². The quantitative estimate of drug-likeness (QED) is 0.912. The number of rotatable bonds is 3. The van der Waals surface area contributed by atoms with Gasteiger partial charge in [-0.2, -0.15) is 0 Å². The first kappa shape index (κ1) is 17.6. The molecule has 3 rings (SSSR count). The predicted octanol–water partition coefficient (Wildman–Crippen LogP) is 2.06. The third kappa shape index (κ3) is 3.72. The number of para-hydroxylation sites is 1. The van der Waals surface area contributed by atoms with Gasteiger partial charge < -0.3 is 19.9 Å². The molecule has 1 N–H and O–H groups in total. The first-order valence-electron chi connectivity index (χ1n) is 8.95. The lowest BCUT2D eigenvalue weighted by Gasteiger charge is -2.33. The highest BCUT2D eigenvalue weighted by Gasteiger charge is 2.32. The number of nitrogens with zero attached hydrogens (tertiary/aromatic N) is 2. The number of amides is 3. The second-order valence-electron chi connectivity index (χ2n) is 7.19. The van der Waals surface area contributed by atoms with E-state index in [2.05, 4.69) is 11.4 Å². The second-order valence-corrected chi connectivity index (χ2v) is 7.19. The van der Waals surface area contributed by atoms with E-state index in [0.29, 0.717) is 19.7 Å². The van der Waals surface area contributed by atoms with Crippen LogP contribution in [0.3, 0.4) is 0 Å². The lowest BCUT2D eigenvalue weighted by atomic mass is 9.92. The van der Waals surface area contributed by atoms with E-state index in [4.69, 9.17) is 4.74 Å². The minimum atomic E-state index is -0.0220. The summed E-state index contributed by atoms with van der Waals surface area (Å²) in [6.45, 7) is 3.92. The minimum absolute atomic E-state index is 0.0203. The number of fused-ring (bicyclic) bond motifs is 1. The van der Waals surface area contributed by atoms with Crippen LogP contribution in [0.4, 0.5) is 4.79 Å². The van der Waals surface area contributed by atoms with Crippen molar-refractivity contribution < 1.29 is 14.3 Å². The number of carbonyl (C=O) groups is 2. The summed E-state index contributed by atoms with van der Waals surface area (Å²) < 4.78 is 5.72. The largest absolute Gasteiger partial charge is 0.493 e. The second kappa shape index (κ2) is 7.33. The van der Waals surface area contributed by atoms with Gasteiger partial charge in [-0.3, -0.25) is 4.79 Å². The molecule has 0 aromatic heterocycles. The van der Waals surface area contributed by atoms with Crippen LogP contribution in [-0.4, -0.2) is 61.6 Å². The van der Waals surface area contributed by atoms with Crippen LogP contribution in [0.2, 0.25) is 0 Å². The number of hydrogen-bond acceptors (Lipinski definition) is 3. The molecule has 25 heavy (non-hydrogen) atoms. The van der Waals surface area contributed by atoms with Gasteiger partial charge >= 0.3 is 6.03 Å². The molecule has 1 fully saturated rings. The van der Waals surface area contributed by atoms with Crippen molar-refractivity contribution in [2.45, 2.75) is 31.7 Å². The molecule has 6 nitrogen and oxygen atoms in total. The maximum Gasteiger partial charge on any atom is 0.319 e. The average molecular weight is 345 g/mol. The standard InChI is InChI=1S/C19H27N3O3/c1-13(16-12-25-17-7-5-4-6-15(16)17)20-18(23)14-8-10-22(11-9-14)19(24)21(2)3/h4-7,13-14,16H,8-12H2,1-3H3,(H,20,23)/t13-,16+/m0/s1. The molecule has 0 saturated carbocycles. The third-order valence-corrected chi connectivity index (χ3v) is 5.23. The van der Waals surface area contributed by atoms with Crippen LogP contribution in [-0.2, 0) is 4.79 Å². The summed E-state index contributed by atoms with van der Waals surface area (Å²) >= 11 is 0. The summed E-state index contributed by atoms with van der Waals surface area (Å²) in [7, 11) is 3.51. The average Bonchev–Trinajstić information content (AvgIpc) is 3.05. The number of urea groups is 1. The molecule has 0 radical (unpaired) electrons. The minimum Gasteiger partial charge on any atom is -0.493 e. The maximum absolute atomic E-state index is 12.6. The van der Waals surface area contributed by atoms with Gasteiger partial charge in [0.2, 0.25) is 5.91 Å². The monoisotopic (exact) mass is 345 g/mol. The van der Waals surface area contributed by atoms with E-state index in [1.807, 2.05) is 30.0 Å². The summed E-state index contributed by atoms with van der Waals surface area (Å²) in [5.74, 6) is 1.18. The molecular formula is C19H27N3O3. The summed E-state index contributed by atoms with van der Waals surface area (Å²) in [5.41, 5.74) is 1.17. The molecule has 2 aliphatic heterocycles. The molecule has 1 aromatic rings. The fourth-order valence-electron chi connectivity index (χ4n) is 3.66. The fourth-order valence-corrected chi connectivity index (χ4v) is 3.66. The van der Waals surface area contributed by atoms with Crippen LogP contribution in [0.25, 0.3) is 0 Å². The SMILES string of the molecule is C[C@H](NC(=O)C1CCN(C(=O)N(C)C)CC1)[C@H]1COc2ccccc21. The third-order valence-electron chi connectivity index (χ3n) is 5.23. The molecule has 1 aromatic carbocycles. The van der Waals surface area contributed by atoms with Gasteiger partial charge in [-0.25, -0.2) is 4.79 Å². The molecule has 2 aliphatic rings. The van der Waals surface area contributed by atoms with Gasteiger partial charge in [0, 0.05) is 50.6 Å². The molecule has 0 spiro atoms. The molecule has 6 heteroatoms. The normalized spacial score (nSPS) is 21.2. The Morgan fingerprint density at radius 2 is 1.92 bits per heavy atom. The Kier molecular flexibility index (Phi) is 5.16. The number of ether oxygens (including phenoxy) is 1. The Bertz CT molecular complexity index is 639. The lowest BCUT2D eigenvalue weighted by molar-refractivity contribution is -0.127. The Morgan fingerprint density at radius 1 is 1.24 bits per heavy atom. The molecule has 0 bridgehead atoms. The molecule has 1 saturated heterocycles. The molecule has 136 valence electrons. The Hall–Kier alpha value is -2.24. The van der Waals surface area contributed by atoms with E-state index in [0.717, 1.165) is 18.6 Å². The van der Waals surface area contributed by atoms with Crippen LogP contribution < -0.4 is 10.1 Å². The van der Waals surface area contributed by atoms with Crippen molar-refractivity contribution in [1.29, 1.82) is 0 Å². The van der Waals surface area contributed by atoms with Crippen molar-refractivity contribution in [3.63, 3.8) is 0 Å². The van der Waals surface area contributed by atoms with Gasteiger partial charge in [-0.05, 0) is 25.8 Å². The zero-order valence-electron chi connectivity index (χ0n) is 15.2. The van der Waals surface area contributed by atoms with Crippen LogP contribution in [0.5, 0.6) is 5.75 Å². The van der Waals surface area contributed by atoms with E-state index in [1.165, 1.54) is 5.56 Å². The molecule has 0 unspecified atom stereocenters. The van der Waals surface area contributed by atoms with Gasteiger partial charge in [0.1, 0.15) is 5.75 Å². The number of likely N-dealkylation sites (tertiary alicyclic amines) is 1. The van der Waals surface area contributed by atoms with Gasteiger partial charge in [-0.1, -0.05) is 18.2 Å². The molecular weight excluding hydrogens is 318 g/mol.